The minimum absolute atomic E-state index is 0.0621. The van der Waals surface area contributed by atoms with E-state index in [0.717, 1.165) is 0 Å². The lowest BCUT2D eigenvalue weighted by Gasteiger charge is -2.08. The van der Waals surface area contributed by atoms with E-state index >= 15 is 0 Å². The zero-order valence-corrected chi connectivity index (χ0v) is 13.0. The van der Waals surface area contributed by atoms with Crippen LogP contribution in [0.15, 0.2) is 59.2 Å². The number of para-hydroxylation sites is 2. The van der Waals surface area contributed by atoms with Crippen LogP contribution in [0.3, 0.4) is 0 Å². The average molecular weight is 360 g/mol. The summed E-state index contributed by atoms with van der Waals surface area (Å²) in [4.78, 5) is 26.4. The molecule has 26 heavy (non-hydrogen) atoms. The summed E-state index contributed by atoms with van der Waals surface area (Å²) in [6.07, 6.45) is 1.20. The molecule has 0 atom stereocenters. The lowest BCUT2D eigenvalue weighted by Crippen LogP contribution is -2.10. The highest BCUT2D eigenvalue weighted by atomic mass is 19.3. The number of nitro groups is 1. The van der Waals surface area contributed by atoms with Crippen LogP contribution < -0.4 is 4.74 Å². The average Bonchev–Trinajstić information content (AvgIpc) is 2.95. The molecular weight excluding hydrogens is 350 g/mol. The summed E-state index contributed by atoms with van der Waals surface area (Å²) in [6, 6.07) is 11.5. The Morgan fingerprint density at radius 1 is 1.15 bits per heavy atom. The van der Waals surface area contributed by atoms with Gasteiger partial charge in [0.05, 0.1) is 16.1 Å². The number of alkyl halides is 2. The molecule has 0 aliphatic carbocycles. The Labute approximate surface area is 145 Å². The molecule has 7 nitrogen and oxygen atoms in total. The highest BCUT2D eigenvalue weighted by Crippen LogP contribution is 2.28. The fourth-order valence-corrected chi connectivity index (χ4v) is 2.29. The molecule has 0 amide bonds. The lowest BCUT2D eigenvalue weighted by atomic mass is 10.1. The number of nitro benzene ring substituents is 1. The molecule has 0 spiro atoms. The summed E-state index contributed by atoms with van der Waals surface area (Å²) in [5, 5.41) is 11.0. The first kappa shape index (κ1) is 17.2. The van der Waals surface area contributed by atoms with Crippen molar-refractivity contribution >= 4 is 23.6 Å². The number of benzene rings is 2. The highest BCUT2D eigenvalue weighted by Gasteiger charge is 2.27. The van der Waals surface area contributed by atoms with Gasteiger partial charge in [0.1, 0.15) is 5.75 Å². The van der Waals surface area contributed by atoms with Crippen LogP contribution in [0, 0.1) is 10.1 Å². The smallest absolute Gasteiger partial charge is 0.387 e. The highest BCUT2D eigenvalue weighted by molar-refractivity contribution is 6.13. The largest absolute Gasteiger partial charge is 0.434 e. The number of carbonyl (C=O) groups is 1. The number of nitrogens with zero attached hydrogens (tertiary/aromatic N) is 2. The maximum atomic E-state index is 12.5. The third-order valence-electron chi connectivity index (χ3n) is 3.38. The van der Waals surface area contributed by atoms with Crippen molar-refractivity contribution in [1.82, 2.24) is 0 Å². The summed E-state index contributed by atoms with van der Waals surface area (Å²) in [5.74, 6) is -1.29. The van der Waals surface area contributed by atoms with Gasteiger partial charge in [-0.2, -0.15) is 8.78 Å². The van der Waals surface area contributed by atoms with E-state index in [2.05, 4.69) is 9.73 Å². The van der Waals surface area contributed by atoms with Gasteiger partial charge < -0.3 is 9.47 Å². The number of halogens is 2. The third-order valence-corrected chi connectivity index (χ3v) is 3.38. The van der Waals surface area contributed by atoms with E-state index in [0.29, 0.717) is 0 Å². The fourth-order valence-electron chi connectivity index (χ4n) is 2.29. The molecule has 0 bridgehead atoms. The molecule has 0 aromatic heterocycles. The van der Waals surface area contributed by atoms with Crippen LogP contribution in [0.1, 0.15) is 11.1 Å². The first-order chi connectivity index (χ1) is 12.5. The number of aliphatic imine (C=N–C) groups is 1. The predicted molar refractivity (Wildman–Crippen MR) is 86.8 cm³/mol. The van der Waals surface area contributed by atoms with Gasteiger partial charge in [-0.05, 0) is 24.3 Å². The molecule has 3 rings (SSSR count). The van der Waals surface area contributed by atoms with Crippen LogP contribution in [0.2, 0.25) is 0 Å². The fraction of sp³-hybridized carbons (Fsp3) is 0.0588. The van der Waals surface area contributed by atoms with Crippen LogP contribution >= 0.6 is 0 Å². The van der Waals surface area contributed by atoms with Crippen molar-refractivity contribution < 1.29 is 28.0 Å². The van der Waals surface area contributed by atoms with Gasteiger partial charge >= 0.3 is 12.6 Å². The van der Waals surface area contributed by atoms with Crippen LogP contribution in [-0.4, -0.2) is 23.4 Å². The van der Waals surface area contributed by atoms with E-state index in [1.165, 1.54) is 48.5 Å². The second-order valence-corrected chi connectivity index (χ2v) is 5.03. The third kappa shape index (κ3) is 3.56. The summed E-state index contributed by atoms with van der Waals surface area (Å²) in [5.41, 5.74) is -0.183. The number of hydrogen-bond acceptors (Lipinski definition) is 6. The Morgan fingerprint density at radius 3 is 2.58 bits per heavy atom. The Bertz CT molecular complexity index is 940. The molecule has 0 radical (unpaired) electrons. The summed E-state index contributed by atoms with van der Waals surface area (Å²) in [6.45, 7) is -3.06. The van der Waals surface area contributed by atoms with Crippen molar-refractivity contribution in [2.24, 2.45) is 4.99 Å². The van der Waals surface area contributed by atoms with Crippen molar-refractivity contribution in [1.29, 1.82) is 0 Å². The Kier molecular flexibility index (Phi) is 4.70. The molecule has 1 aliphatic rings. The van der Waals surface area contributed by atoms with E-state index < -0.39 is 17.5 Å². The van der Waals surface area contributed by atoms with Crippen molar-refractivity contribution in [3.8, 4) is 5.75 Å². The van der Waals surface area contributed by atoms with Gasteiger partial charge in [0, 0.05) is 6.07 Å². The lowest BCUT2D eigenvalue weighted by molar-refractivity contribution is -0.385. The van der Waals surface area contributed by atoms with E-state index in [4.69, 9.17) is 4.74 Å². The molecule has 132 valence electrons. The molecule has 0 saturated carbocycles. The number of esters is 1. The number of carbonyl (C=O) groups excluding carboxylic acids is 1. The van der Waals surface area contributed by atoms with Gasteiger partial charge in [0.25, 0.3) is 5.69 Å². The quantitative estimate of drug-likeness (QED) is 0.352. The van der Waals surface area contributed by atoms with Gasteiger partial charge in [-0.15, -0.1) is 0 Å². The molecule has 1 heterocycles. The monoisotopic (exact) mass is 360 g/mol. The molecule has 2 aromatic rings. The summed E-state index contributed by atoms with van der Waals surface area (Å²) >= 11 is 0. The molecule has 0 unspecified atom stereocenters. The molecule has 9 heteroatoms. The van der Waals surface area contributed by atoms with E-state index in [9.17, 15) is 23.7 Å². The van der Waals surface area contributed by atoms with Crippen LogP contribution in [0.4, 0.5) is 14.5 Å². The first-order valence-corrected chi connectivity index (χ1v) is 7.26. The van der Waals surface area contributed by atoms with Gasteiger partial charge in [-0.1, -0.05) is 24.3 Å². The zero-order valence-electron chi connectivity index (χ0n) is 13.0. The SMILES string of the molecule is O=C1OC(c2ccccc2OC(F)F)=N/C1=C\c1ccccc1[N+](=O)[O-]. The maximum absolute atomic E-state index is 12.5. The molecule has 1 aliphatic heterocycles. The van der Waals surface area contributed by atoms with Gasteiger partial charge in [-0.25, -0.2) is 9.79 Å². The number of ether oxygens (including phenoxy) is 2. The maximum Gasteiger partial charge on any atom is 0.387 e. The summed E-state index contributed by atoms with van der Waals surface area (Å²) < 4.78 is 34.4. The second-order valence-electron chi connectivity index (χ2n) is 5.03. The molecule has 2 aromatic carbocycles. The van der Waals surface area contributed by atoms with Crippen molar-refractivity contribution in [2.45, 2.75) is 6.61 Å². The van der Waals surface area contributed by atoms with E-state index in [1.54, 1.807) is 6.07 Å². The number of rotatable bonds is 5. The van der Waals surface area contributed by atoms with Gasteiger partial charge in [-0.3, -0.25) is 10.1 Å². The van der Waals surface area contributed by atoms with Gasteiger partial charge in [0.2, 0.25) is 5.90 Å². The zero-order chi connectivity index (χ0) is 18.7. The van der Waals surface area contributed by atoms with E-state index in [1.807, 2.05) is 0 Å². The number of hydrogen-bond donors (Lipinski definition) is 0. The van der Waals surface area contributed by atoms with Crippen LogP contribution in [0.25, 0.3) is 6.08 Å². The predicted octanol–water partition coefficient (Wildman–Crippen LogP) is 3.54. The topological polar surface area (TPSA) is 91.0 Å². The standard InChI is InChI=1S/C17H10F2N2O5/c18-17(19)25-14-8-4-2-6-11(14)15-20-12(16(22)26-15)9-10-5-1-3-7-13(10)21(23)24/h1-9,17H/b12-9-. The van der Waals surface area contributed by atoms with Crippen LogP contribution in [-0.2, 0) is 9.53 Å². The second kappa shape index (κ2) is 7.09. The molecule has 0 saturated heterocycles. The minimum atomic E-state index is -3.06. The van der Waals surface area contributed by atoms with Crippen molar-refractivity contribution in [2.75, 3.05) is 0 Å². The van der Waals surface area contributed by atoms with Crippen LogP contribution in [0.5, 0.6) is 5.75 Å². The van der Waals surface area contributed by atoms with Gasteiger partial charge in [0.15, 0.2) is 5.70 Å². The van der Waals surface area contributed by atoms with E-state index in [-0.39, 0.29) is 34.2 Å². The first-order valence-electron chi connectivity index (χ1n) is 7.26. The minimum Gasteiger partial charge on any atom is -0.434 e. The number of cyclic esters (lactones) is 1. The normalized spacial score (nSPS) is 15.1. The Balaban J connectivity index is 2.00. The van der Waals surface area contributed by atoms with Crippen molar-refractivity contribution in [3.63, 3.8) is 0 Å². The Hall–Kier alpha value is -3.62. The van der Waals surface area contributed by atoms with Crippen molar-refractivity contribution in [3.05, 3.63) is 75.5 Å². The molecular formula is C17H10F2N2O5. The molecule has 0 N–H and O–H groups in total. The summed E-state index contributed by atoms with van der Waals surface area (Å²) in [7, 11) is 0. The Morgan fingerprint density at radius 2 is 1.85 bits per heavy atom. The molecule has 0 fully saturated rings.